The van der Waals surface area contributed by atoms with Crippen molar-refractivity contribution in [3.05, 3.63) is 6.92 Å². The number of hydrogen-bond donors (Lipinski definition) is 0. The Morgan fingerprint density at radius 1 is 1.17 bits per heavy atom. The minimum absolute atomic E-state index is 0. The molecule has 6 heavy (non-hydrogen) atoms. The molecule has 0 aliphatic carbocycles. The van der Waals surface area contributed by atoms with E-state index in [1.165, 1.54) is 0 Å². The third-order valence-electron chi connectivity index (χ3n) is 0. The Labute approximate surface area is 55.8 Å². The van der Waals surface area contributed by atoms with E-state index in [0.717, 1.165) is 0 Å². The van der Waals surface area contributed by atoms with E-state index < -0.39 is 0 Å². The van der Waals surface area contributed by atoms with Crippen LogP contribution in [-0.2, 0) is 22.4 Å². The van der Waals surface area contributed by atoms with Crippen molar-refractivity contribution in [1.82, 2.24) is 0 Å². The predicted octanol–water partition coefficient (Wildman–Crippen LogP) is 1.86. The summed E-state index contributed by atoms with van der Waals surface area (Å²) in [4.78, 5) is 0. The Kier molecular flexibility index (Phi) is 4.68. The van der Waals surface area contributed by atoms with Gasteiger partial charge in [-0.1, -0.05) is 20.8 Å². The van der Waals surface area contributed by atoms with E-state index >= 15 is 0 Å². The second-order valence-electron chi connectivity index (χ2n) is 2.56. The summed E-state index contributed by atoms with van der Waals surface area (Å²) in [6.45, 7) is 10.0. The molecular weight excluding hydrogens is 168 g/mol. The molecule has 0 saturated carbocycles. The Hall–Kier alpha value is 0.740. The number of hydrogen-bond acceptors (Lipinski definition) is 0. The Bertz CT molecular complexity index is 19.4. The average Bonchev–Trinajstić information content (AvgIpc) is 0.722. The molecule has 42 valence electrons. The van der Waals surface area contributed by atoms with Crippen molar-refractivity contribution in [2.24, 2.45) is 5.41 Å². The van der Waals surface area contributed by atoms with Crippen LogP contribution in [0, 0.1) is 12.3 Å². The Morgan fingerprint density at radius 2 is 1.17 bits per heavy atom. The molecule has 0 heterocycles. The maximum absolute atomic E-state index is 3.77. The van der Waals surface area contributed by atoms with E-state index in [2.05, 4.69) is 27.7 Å². The number of rotatable bonds is 0. The summed E-state index contributed by atoms with van der Waals surface area (Å²) in [7, 11) is 0. The minimum Gasteiger partial charge on any atom is -0.338 e. The molecule has 0 amide bonds. The average molecular weight is 179 g/mol. The molecule has 0 aromatic carbocycles. The molecule has 0 aliphatic rings. The topological polar surface area (TPSA) is 0 Å². The predicted molar refractivity (Wildman–Crippen MR) is 24.8 cm³/mol. The normalized spacial score (nSPS) is 10.0. The van der Waals surface area contributed by atoms with Crippen molar-refractivity contribution in [3.63, 3.8) is 0 Å². The molecule has 0 fully saturated rings. The summed E-state index contributed by atoms with van der Waals surface area (Å²) in [6, 6.07) is 0. The van der Waals surface area contributed by atoms with Gasteiger partial charge < -0.3 is 6.92 Å². The Balaban J connectivity index is 0. The zero-order valence-corrected chi connectivity index (χ0v) is 5.99. The zero-order valence-electron chi connectivity index (χ0n) is 4.51. The molecular formula is C5H11Ag. The first-order valence-electron chi connectivity index (χ1n) is 1.85. The second kappa shape index (κ2) is 2.84. The van der Waals surface area contributed by atoms with Crippen molar-refractivity contribution in [1.29, 1.82) is 0 Å². The molecule has 0 unspecified atom stereocenters. The van der Waals surface area contributed by atoms with Gasteiger partial charge in [0.1, 0.15) is 0 Å². The van der Waals surface area contributed by atoms with Crippen LogP contribution in [0.1, 0.15) is 20.8 Å². The van der Waals surface area contributed by atoms with Gasteiger partial charge in [-0.2, -0.15) is 5.41 Å². The molecule has 0 saturated heterocycles. The van der Waals surface area contributed by atoms with E-state index in [-0.39, 0.29) is 27.8 Å². The molecule has 0 nitrogen and oxygen atoms in total. The van der Waals surface area contributed by atoms with Crippen molar-refractivity contribution < 1.29 is 22.4 Å². The summed E-state index contributed by atoms with van der Waals surface area (Å²) in [6.07, 6.45) is 0. The minimum atomic E-state index is 0. The maximum atomic E-state index is 3.77. The van der Waals surface area contributed by atoms with Gasteiger partial charge in [-0.15, -0.1) is 0 Å². The standard InChI is InChI=1S/C5H11.Ag/c1-5(2,3)4;/h1H2,2-4H3;/q-1;+1. The third-order valence-corrected chi connectivity index (χ3v) is 0. The molecule has 0 N–H and O–H groups in total. The molecule has 0 radical (unpaired) electrons. The molecule has 0 aromatic rings. The van der Waals surface area contributed by atoms with Crippen LogP contribution in [0.2, 0.25) is 0 Å². The first-order chi connectivity index (χ1) is 2.00. The van der Waals surface area contributed by atoms with Crippen LogP contribution in [-0.4, -0.2) is 0 Å². The monoisotopic (exact) mass is 178 g/mol. The molecule has 0 aromatic heterocycles. The van der Waals surface area contributed by atoms with Gasteiger partial charge in [0.05, 0.1) is 0 Å². The van der Waals surface area contributed by atoms with E-state index in [4.69, 9.17) is 0 Å². The molecule has 1 heteroatoms. The van der Waals surface area contributed by atoms with Crippen molar-refractivity contribution in [2.75, 3.05) is 0 Å². The quantitative estimate of drug-likeness (QED) is 0.393. The van der Waals surface area contributed by atoms with Gasteiger partial charge in [-0.25, -0.2) is 0 Å². The first kappa shape index (κ1) is 9.88. The summed E-state index contributed by atoms with van der Waals surface area (Å²) in [5.41, 5.74) is 0.250. The largest absolute Gasteiger partial charge is 1.00 e. The van der Waals surface area contributed by atoms with E-state index in [1.54, 1.807) is 0 Å². The van der Waals surface area contributed by atoms with Crippen LogP contribution < -0.4 is 0 Å². The fourth-order valence-electron chi connectivity index (χ4n) is 0. The van der Waals surface area contributed by atoms with Crippen LogP contribution in [0.4, 0.5) is 0 Å². The molecule has 0 atom stereocenters. The van der Waals surface area contributed by atoms with Gasteiger partial charge in [0, 0.05) is 0 Å². The van der Waals surface area contributed by atoms with Crippen LogP contribution in [0.25, 0.3) is 0 Å². The van der Waals surface area contributed by atoms with Gasteiger partial charge >= 0.3 is 22.4 Å². The van der Waals surface area contributed by atoms with Crippen molar-refractivity contribution in [2.45, 2.75) is 20.8 Å². The van der Waals surface area contributed by atoms with E-state index in [0.29, 0.717) is 0 Å². The third kappa shape index (κ3) is 121. The van der Waals surface area contributed by atoms with Crippen LogP contribution in [0.3, 0.4) is 0 Å². The van der Waals surface area contributed by atoms with Crippen LogP contribution >= 0.6 is 0 Å². The van der Waals surface area contributed by atoms with Gasteiger partial charge in [0.2, 0.25) is 0 Å². The second-order valence-corrected chi connectivity index (χ2v) is 2.56. The molecule has 0 rings (SSSR count). The molecule has 0 spiro atoms. The van der Waals surface area contributed by atoms with Gasteiger partial charge in [-0.05, 0) is 0 Å². The van der Waals surface area contributed by atoms with Gasteiger partial charge in [0.15, 0.2) is 0 Å². The summed E-state index contributed by atoms with van der Waals surface area (Å²) in [5, 5.41) is 0. The van der Waals surface area contributed by atoms with Crippen LogP contribution in [0.15, 0.2) is 0 Å². The SMILES string of the molecule is [Ag+].[CH2-]C(C)(C)C. The zero-order chi connectivity index (χ0) is 4.50. The van der Waals surface area contributed by atoms with Gasteiger partial charge in [0.25, 0.3) is 0 Å². The fraction of sp³-hybridized carbons (Fsp3) is 0.800. The van der Waals surface area contributed by atoms with E-state index in [9.17, 15) is 0 Å². The molecule has 0 aliphatic heterocycles. The maximum Gasteiger partial charge on any atom is 1.00 e. The fourth-order valence-corrected chi connectivity index (χ4v) is 0. The smallest absolute Gasteiger partial charge is 0.338 e. The molecule has 0 bridgehead atoms. The van der Waals surface area contributed by atoms with Gasteiger partial charge in [-0.3, -0.25) is 0 Å². The summed E-state index contributed by atoms with van der Waals surface area (Å²) in [5.74, 6) is 0. The van der Waals surface area contributed by atoms with Crippen LogP contribution in [0.5, 0.6) is 0 Å². The first-order valence-corrected chi connectivity index (χ1v) is 1.85. The van der Waals surface area contributed by atoms with E-state index in [1.807, 2.05) is 0 Å². The van der Waals surface area contributed by atoms with Crippen molar-refractivity contribution >= 4 is 0 Å². The summed E-state index contributed by atoms with van der Waals surface area (Å²) < 4.78 is 0. The summed E-state index contributed by atoms with van der Waals surface area (Å²) >= 11 is 0. The Morgan fingerprint density at radius 3 is 1.17 bits per heavy atom. The van der Waals surface area contributed by atoms with Crippen molar-refractivity contribution in [3.8, 4) is 0 Å².